The Morgan fingerprint density at radius 3 is 1.18 bits per heavy atom. The molecular weight excluding hydrogens is 636 g/mol. The Labute approximate surface area is 288 Å². The molecule has 2 heterocycles. The highest BCUT2D eigenvalue weighted by Gasteiger charge is 2.34. The SMILES string of the molecule is C=CC1COC(C2CCC(c3cc(F)c(CCOCCc4c(F)cc(C5CCC(C6OCC(C=C)CO6)CC5)cc4F)c(F)c3)CC2)OC1. The number of hydrogen-bond donors (Lipinski definition) is 0. The Morgan fingerprint density at radius 2 is 0.878 bits per heavy atom. The van der Waals surface area contributed by atoms with Crippen LogP contribution in [0.2, 0.25) is 0 Å². The summed E-state index contributed by atoms with van der Waals surface area (Å²) in [5.74, 6) is -1.18. The Hall–Kier alpha value is -2.56. The molecule has 49 heavy (non-hydrogen) atoms. The van der Waals surface area contributed by atoms with Crippen LogP contribution in [0.1, 0.15) is 85.5 Å². The van der Waals surface area contributed by atoms with E-state index in [0.29, 0.717) is 37.6 Å². The summed E-state index contributed by atoms with van der Waals surface area (Å²) < 4.78 is 89.4. The first-order valence-electron chi connectivity index (χ1n) is 18.1. The van der Waals surface area contributed by atoms with Gasteiger partial charge < -0.3 is 23.7 Å². The van der Waals surface area contributed by atoms with Crippen LogP contribution >= 0.6 is 0 Å². The number of ether oxygens (including phenoxy) is 5. The zero-order chi connectivity index (χ0) is 34.3. The first-order valence-corrected chi connectivity index (χ1v) is 18.1. The maximum atomic E-state index is 15.1. The van der Waals surface area contributed by atoms with Gasteiger partial charge in [0.15, 0.2) is 12.6 Å². The van der Waals surface area contributed by atoms with E-state index in [0.717, 1.165) is 51.4 Å². The quantitative estimate of drug-likeness (QED) is 0.127. The summed E-state index contributed by atoms with van der Waals surface area (Å²) in [5.41, 5.74) is 1.29. The zero-order valence-electron chi connectivity index (χ0n) is 28.4. The van der Waals surface area contributed by atoms with Gasteiger partial charge in [0.2, 0.25) is 0 Å². The van der Waals surface area contributed by atoms with Gasteiger partial charge in [-0.3, -0.25) is 0 Å². The van der Waals surface area contributed by atoms with Crippen molar-refractivity contribution in [3.63, 3.8) is 0 Å². The predicted octanol–water partition coefficient (Wildman–Crippen LogP) is 8.94. The van der Waals surface area contributed by atoms with Gasteiger partial charge in [-0.2, -0.15) is 0 Å². The van der Waals surface area contributed by atoms with Crippen molar-refractivity contribution in [1.82, 2.24) is 0 Å². The van der Waals surface area contributed by atoms with Crippen molar-refractivity contribution in [2.24, 2.45) is 23.7 Å². The summed E-state index contributed by atoms with van der Waals surface area (Å²) in [7, 11) is 0. The molecule has 0 spiro atoms. The second-order valence-electron chi connectivity index (χ2n) is 14.3. The molecule has 2 aromatic carbocycles. The van der Waals surface area contributed by atoms with Crippen molar-refractivity contribution < 1.29 is 41.2 Å². The molecule has 9 heteroatoms. The minimum atomic E-state index is -0.586. The standard InChI is InChI=1S/C40H50F4O5/c1-3-25-21-46-39(47-22-25)29-9-5-27(6-10-29)31-17-35(41)33(36(42)18-31)13-15-45-16-14-34-37(43)19-32(20-38(34)44)28-7-11-30(12-8-28)40-48-23-26(4-2)24-49-40/h3-4,17-20,25-30,39-40H,1-2,5-16,21-24H2. The van der Waals surface area contributed by atoms with Gasteiger partial charge in [-0.05, 0) is 98.6 Å². The average molecular weight is 687 g/mol. The van der Waals surface area contributed by atoms with Gasteiger partial charge in [0.1, 0.15) is 23.3 Å². The average Bonchev–Trinajstić information content (AvgIpc) is 3.13. The number of benzene rings is 2. The van der Waals surface area contributed by atoms with Crippen LogP contribution in [0.3, 0.4) is 0 Å². The summed E-state index contributed by atoms with van der Waals surface area (Å²) in [5, 5.41) is 0. The Kier molecular flexibility index (Phi) is 12.6. The van der Waals surface area contributed by atoms with Crippen molar-refractivity contribution in [3.05, 3.63) is 95.1 Å². The van der Waals surface area contributed by atoms with Crippen molar-refractivity contribution in [2.75, 3.05) is 39.6 Å². The molecule has 4 fully saturated rings. The molecule has 0 atom stereocenters. The van der Waals surface area contributed by atoms with E-state index in [9.17, 15) is 0 Å². The smallest absolute Gasteiger partial charge is 0.160 e. The van der Waals surface area contributed by atoms with Gasteiger partial charge >= 0.3 is 0 Å². The molecule has 268 valence electrons. The maximum Gasteiger partial charge on any atom is 0.160 e. The second kappa shape index (κ2) is 17.1. The third-order valence-corrected chi connectivity index (χ3v) is 11.1. The Balaban J connectivity index is 0.925. The summed E-state index contributed by atoms with van der Waals surface area (Å²) in [6.07, 6.45) is 10.1. The van der Waals surface area contributed by atoms with Crippen LogP contribution in [0.25, 0.3) is 0 Å². The van der Waals surface area contributed by atoms with Crippen molar-refractivity contribution in [2.45, 2.75) is 88.6 Å². The fourth-order valence-electron chi connectivity index (χ4n) is 7.98. The molecule has 0 aromatic heterocycles. The van der Waals surface area contributed by atoms with E-state index in [1.165, 1.54) is 24.3 Å². The van der Waals surface area contributed by atoms with Gasteiger partial charge in [-0.1, -0.05) is 12.2 Å². The lowest BCUT2D eigenvalue weighted by atomic mass is 9.78. The molecule has 2 saturated heterocycles. The highest BCUT2D eigenvalue weighted by molar-refractivity contribution is 5.30. The van der Waals surface area contributed by atoms with Crippen LogP contribution in [0, 0.1) is 46.9 Å². The number of hydrogen-bond acceptors (Lipinski definition) is 5. The highest BCUT2D eigenvalue weighted by Crippen LogP contribution is 2.41. The van der Waals surface area contributed by atoms with Crippen LogP contribution < -0.4 is 0 Å². The fourth-order valence-corrected chi connectivity index (χ4v) is 7.98. The van der Waals surface area contributed by atoms with E-state index >= 15 is 17.6 Å². The van der Waals surface area contributed by atoms with Gasteiger partial charge in [0, 0.05) is 47.6 Å². The molecule has 0 N–H and O–H groups in total. The molecule has 6 rings (SSSR count). The molecule has 5 nitrogen and oxygen atoms in total. The largest absolute Gasteiger partial charge is 0.381 e. The first kappa shape index (κ1) is 36.2. The number of halogens is 4. The lowest BCUT2D eigenvalue weighted by Crippen LogP contribution is -2.37. The van der Waals surface area contributed by atoms with Gasteiger partial charge in [-0.15, -0.1) is 13.2 Å². The van der Waals surface area contributed by atoms with E-state index < -0.39 is 23.3 Å². The molecular formula is C40H50F4O5. The second-order valence-corrected chi connectivity index (χ2v) is 14.3. The molecule has 0 amide bonds. The van der Waals surface area contributed by atoms with Crippen LogP contribution in [0.4, 0.5) is 17.6 Å². The van der Waals surface area contributed by atoms with Crippen molar-refractivity contribution >= 4 is 0 Å². The molecule has 4 aliphatic rings. The Morgan fingerprint density at radius 1 is 0.551 bits per heavy atom. The minimum absolute atomic E-state index is 0.0304. The maximum absolute atomic E-state index is 15.1. The fraction of sp³-hybridized carbons (Fsp3) is 0.600. The number of rotatable bonds is 12. The van der Waals surface area contributed by atoms with E-state index in [2.05, 4.69) is 13.2 Å². The molecule has 2 aliphatic carbocycles. The van der Waals surface area contributed by atoms with E-state index in [1.54, 1.807) is 0 Å². The van der Waals surface area contributed by atoms with Gasteiger partial charge in [-0.25, -0.2) is 17.6 Å². The third-order valence-electron chi connectivity index (χ3n) is 11.1. The van der Waals surface area contributed by atoms with E-state index in [1.807, 2.05) is 12.2 Å². The monoisotopic (exact) mass is 686 g/mol. The van der Waals surface area contributed by atoms with Crippen LogP contribution in [0.15, 0.2) is 49.6 Å². The van der Waals surface area contributed by atoms with Crippen LogP contribution in [-0.2, 0) is 36.5 Å². The molecule has 0 radical (unpaired) electrons. The summed E-state index contributed by atoms with van der Waals surface area (Å²) >= 11 is 0. The van der Waals surface area contributed by atoms with Gasteiger partial charge in [0.25, 0.3) is 0 Å². The van der Waals surface area contributed by atoms with Crippen LogP contribution in [0.5, 0.6) is 0 Å². The van der Waals surface area contributed by atoms with E-state index in [4.69, 9.17) is 23.7 Å². The minimum Gasteiger partial charge on any atom is -0.381 e. The van der Waals surface area contributed by atoms with Crippen molar-refractivity contribution in [1.29, 1.82) is 0 Å². The molecule has 2 aliphatic heterocycles. The van der Waals surface area contributed by atoms with E-state index in [-0.39, 0.29) is 85.3 Å². The lowest BCUT2D eigenvalue weighted by Gasteiger charge is -2.37. The third kappa shape index (κ3) is 9.03. The molecule has 0 bridgehead atoms. The lowest BCUT2D eigenvalue weighted by molar-refractivity contribution is -0.222. The topological polar surface area (TPSA) is 46.2 Å². The summed E-state index contributed by atoms with van der Waals surface area (Å²) in [6.45, 7) is 10.1. The Bertz CT molecular complexity index is 1250. The summed E-state index contributed by atoms with van der Waals surface area (Å²) in [4.78, 5) is 0. The highest BCUT2D eigenvalue weighted by atomic mass is 19.1. The molecule has 2 saturated carbocycles. The summed E-state index contributed by atoms with van der Waals surface area (Å²) in [6, 6.07) is 5.78. The zero-order valence-corrected chi connectivity index (χ0v) is 28.4. The molecule has 2 aromatic rings. The predicted molar refractivity (Wildman–Crippen MR) is 179 cm³/mol. The van der Waals surface area contributed by atoms with Crippen molar-refractivity contribution in [3.8, 4) is 0 Å². The first-order chi connectivity index (χ1) is 23.8. The molecule has 0 unspecified atom stereocenters. The van der Waals surface area contributed by atoms with Gasteiger partial charge in [0.05, 0.1) is 39.6 Å². The van der Waals surface area contributed by atoms with Crippen LogP contribution in [-0.4, -0.2) is 52.2 Å². The normalized spacial score (nSPS) is 30.9.